The van der Waals surface area contributed by atoms with E-state index in [-0.39, 0.29) is 23.2 Å². The van der Waals surface area contributed by atoms with E-state index in [0.29, 0.717) is 22.7 Å². The molecule has 0 unspecified atom stereocenters. The molecule has 0 heterocycles. The summed E-state index contributed by atoms with van der Waals surface area (Å²) in [5.74, 6) is -1.72. The number of hydrogen-bond acceptors (Lipinski definition) is 6. The molecule has 2 aromatic rings. The number of nitro groups is 1. The average molecular weight is 492 g/mol. The van der Waals surface area contributed by atoms with Gasteiger partial charge in [-0.15, -0.1) is 23.4 Å². The Kier molecular flexibility index (Phi) is 8.10. The van der Waals surface area contributed by atoms with E-state index >= 15 is 0 Å². The quantitative estimate of drug-likeness (QED) is 0.219. The molecule has 0 bridgehead atoms. The van der Waals surface area contributed by atoms with Gasteiger partial charge in [0.1, 0.15) is 17.0 Å². The Morgan fingerprint density at radius 3 is 2.25 bits per heavy atom. The first-order valence-corrected chi connectivity index (χ1v) is 10.3. The number of aliphatic hydroxyl groups is 1. The van der Waals surface area contributed by atoms with Gasteiger partial charge in [0.15, 0.2) is 0 Å². The van der Waals surface area contributed by atoms with Gasteiger partial charge in [0.2, 0.25) is 5.91 Å². The number of hydrogen-bond donors (Lipinski definition) is 3. The second-order valence-electron chi connectivity index (χ2n) is 6.71. The van der Waals surface area contributed by atoms with Gasteiger partial charge in [0, 0.05) is 28.1 Å². The predicted octanol–water partition coefficient (Wildman–Crippen LogP) is 4.27. The number of halogens is 4. The Hall–Kier alpha value is -2.83. The van der Waals surface area contributed by atoms with E-state index < -0.39 is 33.9 Å². The van der Waals surface area contributed by atoms with Crippen molar-refractivity contribution in [2.24, 2.45) is 0 Å². The number of anilines is 2. The minimum atomic E-state index is -5.00. The van der Waals surface area contributed by atoms with Gasteiger partial charge in [-0.2, -0.15) is 13.2 Å². The maximum Gasteiger partial charge on any atom is 0.423 e. The van der Waals surface area contributed by atoms with Crippen LogP contribution in [0, 0.1) is 10.1 Å². The summed E-state index contributed by atoms with van der Waals surface area (Å²) in [5, 5.41) is 26.0. The van der Waals surface area contributed by atoms with E-state index in [2.05, 4.69) is 10.6 Å². The van der Waals surface area contributed by atoms with Crippen molar-refractivity contribution in [3.63, 3.8) is 0 Å². The van der Waals surface area contributed by atoms with E-state index in [0.717, 1.165) is 17.8 Å². The number of carbonyl (C=O) groups excluding carboxylic acids is 2. The van der Waals surface area contributed by atoms with E-state index in [1.165, 1.54) is 6.92 Å². The van der Waals surface area contributed by atoms with Gasteiger partial charge in [-0.25, -0.2) is 0 Å². The molecule has 2 rings (SSSR count). The van der Waals surface area contributed by atoms with Crippen molar-refractivity contribution in [2.45, 2.75) is 23.6 Å². The molecule has 0 fully saturated rings. The molecule has 0 aliphatic heterocycles. The first-order chi connectivity index (χ1) is 14.8. The third-order valence-electron chi connectivity index (χ3n) is 4.03. The molecular weight excluding hydrogens is 475 g/mol. The summed E-state index contributed by atoms with van der Waals surface area (Å²) < 4.78 is 39.3. The lowest BCUT2D eigenvalue weighted by atomic mass is 10.1. The molecule has 3 N–H and O–H groups in total. The maximum atomic E-state index is 13.1. The van der Waals surface area contributed by atoms with Gasteiger partial charge >= 0.3 is 6.18 Å². The van der Waals surface area contributed by atoms with Gasteiger partial charge in [0.05, 0.1) is 4.92 Å². The zero-order valence-electron chi connectivity index (χ0n) is 16.4. The SMILES string of the molecule is C[C@](O)(CSc1ccc(NC(=O)CCl)cc1)C(=O)Nc1ccc([N+](=O)[O-])c(C(F)(F)F)c1. The molecule has 2 amide bonds. The summed E-state index contributed by atoms with van der Waals surface area (Å²) in [6, 6.07) is 8.47. The second-order valence-corrected chi connectivity index (χ2v) is 8.03. The first kappa shape index (κ1) is 25.4. The molecule has 1 atom stereocenters. The number of nitrogens with zero attached hydrogens (tertiary/aromatic N) is 1. The second kappa shape index (κ2) is 10.2. The molecule has 2 aromatic carbocycles. The highest BCUT2D eigenvalue weighted by atomic mass is 35.5. The fourth-order valence-electron chi connectivity index (χ4n) is 2.38. The highest BCUT2D eigenvalue weighted by Gasteiger charge is 2.39. The van der Waals surface area contributed by atoms with E-state index in [1.54, 1.807) is 24.3 Å². The van der Waals surface area contributed by atoms with Crippen molar-refractivity contribution in [3.8, 4) is 0 Å². The normalized spacial score (nSPS) is 13.2. The van der Waals surface area contributed by atoms with Crippen LogP contribution in [-0.4, -0.2) is 39.1 Å². The fourth-order valence-corrected chi connectivity index (χ4v) is 3.36. The molecule has 13 heteroatoms. The first-order valence-electron chi connectivity index (χ1n) is 8.81. The van der Waals surface area contributed by atoms with Crippen LogP contribution < -0.4 is 10.6 Å². The van der Waals surface area contributed by atoms with Crippen LogP contribution in [-0.2, 0) is 15.8 Å². The maximum absolute atomic E-state index is 13.1. The highest BCUT2D eigenvalue weighted by Crippen LogP contribution is 2.37. The van der Waals surface area contributed by atoms with Crippen LogP contribution in [0.2, 0.25) is 0 Å². The number of amides is 2. The summed E-state index contributed by atoms with van der Waals surface area (Å²) in [6.45, 7) is 1.18. The molecule has 0 aliphatic carbocycles. The number of nitro benzene ring substituents is 1. The molecule has 0 aromatic heterocycles. The van der Waals surface area contributed by atoms with Crippen LogP contribution in [0.5, 0.6) is 0 Å². The number of benzene rings is 2. The molecule has 0 aliphatic rings. The van der Waals surface area contributed by atoms with Crippen molar-refractivity contribution in [1.82, 2.24) is 0 Å². The van der Waals surface area contributed by atoms with Crippen molar-refractivity contribution in [1.29, 1.82) is 0 Å². The van der Waals surface area contributed by atoms with Gasteiger partial charge < -0.3 is 15.7 Å². The van der Waals surface area contributed by atoms with Gasteiger partial charge in [-0.1, -0.05) is 0 Å². The highest BCUT2D eigenvalue weighted by molar-refractivity contribution is 7.99. The minimum absolute atomic E-state index is 0.147. The molecular formula is C19H17ClF3N3O5S. The molecule has 0 spiro atoms. The summed E-state index contributed by atoms with van der Waals surface area (Å²) in [4.78, 5) is 33.9. The summed E-state index contributed by atoms with van der Waals surface area (Å²) in [5.41, 5.74) is -4.49. The Labute approximate surface area is 189 Å². The van der Waals surface area contributed by atoms with Crippen LogP contribution in [0.15, 0.2) is 47.4 Å². The van der Waals surface area contributed by atoms with Crippen molar-refractivity contribution < 1.29 is 32.8 Å². The summed E-state index contributed by atoms with van der Waals surface area (Å²) in [7, 11) is 0. The third kappa shape index (κ3) is 6.84. The monoisotopic (exact) mass is 491 g/mol. The number of nitrogens with one attached hydrogen (secondary N) is 2. The minimum Gasteiger partial charge on any atom is -0.379 e. The number of alkyl halides is 4. The van der Waals surface area contributed by atoms with Crippen LogP contribution in [0.1, 0.15) is 12.5 Å². The van der Waals surface area contributed by atoms with E-state index in [9.17, 15) is 38.0 Å². The van der Waals surface area contributed by atoms with Crippen molar-refractivity contribution in [3.05, 3.63) is 58.1 Å². The number of thioether (sulfide) groups is 1. The molecule has 172 valence electrons. The van der Waals surface area contributed by atoms with Crippen LogP contribution in [0.3, 0.4) is 0 Å². The summed E-state index contributed by atoms with van der Waals surface area (Å²) >= 11 is 6.50. The molecule has 0 saturated carbocycles. The van der Waals surface area contributed by atoms with Gasteiger partial charge in [0.25, 0.3) is 11.6 Å². The van der Waals surface area contributed by atoms with Crippen LogP contribution >= 0.6 is 23.4 Å². The van der Waals surface area contributed by atoms with E-state index in [4.69, 9.17) is 11.6 Å². The van der Waals surface area contributed by atoms with Gasteiger partial charge in [-0.3, -0.25) is 19.7 Å². The molecule has 0 saturated heterocycles. The van der Waals surface area contributed by atoms with Crippen molar-refractivity contribution >= 4 is 52.2 Å². The molecule has 8 nitrogen and oxygen atoms in total. The van der Waals surface area contributed by atoms with Crippen molar-refractivity contribution in [2.75, 3.05) is 22.3 Å². The number of rotatable bonds is 8. The lowest BCUT2D eigenvalue weighted by molar-refractivity contribution is -0.388. The zero-order valence-corrected chi connectivity index (χ0v) is 18.0. The smallest absolute Gasteiger partial charge is 0.379 e. The Morgan fingerprint density at radius 2 is 1.72 bits per heavy atom. The Balaban J connectivity index is 2.06. The molecule has 32 heavy (non-hydrogen) atoms. The van der Waals surface area contributed by atoms with Crippen LogP contribution in [0.4, 0.5) is 30.2 Å². The summed E-state index contributed by atoms with van der Waals surface area (Å²) in [6.07, 6.45) is -5.00. The lowest BCUT2D eigenvalue weighted by Crippen LogP contribution is -2.42. The zero-order chi connectivity index (χ0) is 24.1. The largest absolute Gasteiger partial charge is 0.423 e. The van der Waals surface area contributed by atoms with E-state index in [1.807, 2.05) is 0 Å². The lowest BCUT2D eigenvalue weighted by Gasteiger charge is -2.22. The Bertz CT molecular complexity index is 1020. The van der Waals surface area contributed by atoms with Crippen LogP contribution in [0.25, 0.3) is 0 Å². The predicted molar refractivity (Wildman–Crippen MR) is 114 cm³/mol. The Morgan fingerprint density at radius 1 is 1.12 bits per heavy atom. The topological polar surface area (TPSA) is 122 Å². The molecule has 0 radical (unpaired) electrons. The fraction of sp³-hybridized carbons (Fsp3) is 0.263. The third-order valence-corrected chi connectivity index (χ3v) is 5.58. The average Bonchev–Trinajstić information content (AvgIpc) is 2.72. The van der Waals surface area contributed by atoms with Gasteiger partial charge in [-0.05, 0) is 43.3 Å². The standard InChI is InChI=1S/C19H17ClF3N3O5S/c1-18(29,10-32-13-5-2-11(3-6-13)24-16(27)9-20)17(28)25-12-4-7-15(26(30)31)14(8-12)19(21,22)23/h2-8,29H,9-10H2,1H3,(H,24,27)(H,25,28)/t18-/m0/s1. The number of carbonyl (C=O) groups is 2.